The summed E-state index contributed by atoms with van der Waals surface area (Å²) in [5.41, 5.74) is 0.317. The summed E-state index contributed by atoms with van der Waals surface area (Å²) in [6.07, 6.45) is 0.765. The van der Waals surface area contributed by atoms with Crippen molar-refractivity contribution in [1.82, 2.24) is 9.80 Å². The van der Waals surface area contributed by atoms with Crippen LogP contribution in [0.1, 0.15) is 29.6 Å². The number of esters is 1. The first-order valence-electron chi connectivity index (χ1n) is 8.01. The minimum Gasteiger partial charge on any atom is -0.469 e. The number of carbonyl (C=O) groups is 3. The average molecular weight is 371 g/mol. The van der Waals surface area contributed by atoms with Crippen molar-refractivity contribution in [3.63, 3.8) is 0 Å². The predicted octanol–water partition coefficient (Wildman–Crippen LogP) is 2.11. The lowest BCUT2D eigenvalue weighted by Gasteiger charge is -2.22. The standard InChI is InChI=1S/C17H20ClFN2O4/c1-25-16(23)6-5-15(22)20-7-2-8-21(10-9-20)17(24)12-3-4-14(19)13(18)11-12/h3-4,11H,2,5-10H2,1H3. The van der Waals surface area contributed by atoms with E-state index in [2.05, 4.69) is 4.74 Å². The summed E-state index contributed by atoms with van der Waals surface area (Å²) in [4.78, 5) is 39.1. The fourth-order valence-electron chi connectivity index (χ4n) is 2.65. The topological polar surface area (TPSA) is 66.9 Å². The Morgan fingerprint density at radius 3 is 2.48 bits per heavy atom. The summed E-state index contributed by atoms with van der Waals surface area (Å²) in [6.45, 7) is 1.78. The molecule has 1 aromatic carbocycles. The van der Waals surface area contributed by atoms with Crippen LogP contribution in [0.2, 0.25) is 5.02 Å². The van der Waals surface area contributed by atoms with Crippen LogP contribution in [-0.4, -0.2) is 60.9 Å². The normalized spacial score (nSPS) is 14.8. The van der Waals surface area contributed by atoms with Gasteiger partial charge in [0.1, 0.15) is 5.82 Å². The first kappa shape index (κ1) is 19.2. The summed E-state index contributed by atoms with van der Waals surface area (Å²) >= 11 is 5.73. The number of amides is 2. The third kappa shape index (κ3) is 5.16. The van der Waals surface area contributed by atoms with Gasteiger partial charge in [-0.05, 0) is 24.6 Å². The Morgan fingerprint density at radius 2 is 1.80 bits per heavy atom. The highest BCUT2D eigenvalue weighted by molar-refractivity contribution is 6.31. The molecule has 0 radical (unpaired) electrons. The van der Waals surface area contributed by atoms with Gasteiger partial charge in [0.15, 0.2) is 0 Å². The molecule has 6 nitrogen and oxygen atoms in total. The third-order valence-corrected chi connectivity index (χ3v) is 4.36. The van der Waals surface area contributed by atoms with Crippen molar-refractivity contribution >= 4 is 29.4 Å². The van der Waals surface area contributed by atoms with Crippen LogP contribution in [0.5, 0.6) is 0 Å². The van der Waals surface area contributed by atoms with Crippen LogP contribution in [-0.2, 0) is 14.3 Å². The zero-order valence-electron chi connectivity index (χ0n) is 14.0. The van der Waals surface area contributed by atoms with Gasteiger partial charge in [-0.2, -0.15) is 0 Å². The average Bonchev–Trinajstić information content (AvgIpc) is 2.87. The quantitative estimate of drug-likeness (QED) is 0.761. The molecular weight excluding hydrogens is 351 g/mol. The Labute approximate surface area is 150 Å². The van der Waals surface area contributed by atoms with E-state index in [1.807, 2.05) is 0 Å². The van der Waals surface area contributed by atoms with Crippen molar-refractivity contribution < 1.29 is 23.5 Å². The molecule has 0 N–H and O–H groups in total. The second-order valence-corrected chi connectivity index (χ2v) is 6.14. The molecule has 1 aliphatic heterocycles. The van der Waals surface area contributed by atoms with Crippen molar-refractivity contribution in [2.75, 3.05) is 33.3 Å². The minimum atomic E-state index is -0.573. The van der Waals surface area contributed by atoms with Crippen molar-refractivity contribution in [2.24, 2.45) is 0 Å². The van der Waals surface area contributed by atoms with Crippen LogP contribution < -0.4 is 0 Å². The Hall–Kier alpha value is -2.15. The number of carbonyl (C=O) groups excluding carboxylic acids is 3. The lowest BCUT2D eigenvalue weighted by atomic mass is 10.2. The molecule has 1 aliphatic rings. The number of hydrogen-bond donors (Lipinski definition) is 0. The molecule has 1 saturated heterocycles. The Kier molecular flexibility index (Phi) is 6.75. The monoisotopic (exact) mass is 370 g/mol. The Morgan fingerprint density at radius 1 is 1.12 bits per heavy atom. The zero-order valence-corrected chi connectivity index (χ0v) is 14.7. The van der Waals surface area contributed by atoms with Crippen LogP contribution in [0.25, 0.3) is 0 Å². The smallest absolute Gasteiger partial charge is 0.306 e. The zero-order chi connectivity index (χ0) is 18.4. The van der Waals surface area contributed by atoms with Gasteiger partial charge >= 0.3 is 5.97 Å². The van der Waals surface area contributed by atoms with Gasteiger partial charge in [-0.1, -0.05) is 11.6 Å². The number of hydrogen-bond acceptors (Lipinski definition) is 4. The number of halogens is 2. The maximum Gasteiger partial charge on any atom is 0.306 e. The SMILES string of the molecule is COC(=O)CCC(=O)N1CCCN(C(=O)c2ccc(F)c(Cl)c2)CC1. The summed E-state index contributed by atoms with van der Waals surface area (Å²) in [5, 5.41) is -0.0970. The summed E-state index contributed by atoms with van der Waals surface area (Å²) in [7, 11) is 1.28. The maximum absolute atomic E-state index is 13.2. The van der Waals surface area contributed by atoms with Gasteiger partial charge in [0.05, 0.1) is 18.6 Å². The molecule has 0 unspecified atom stereocenters. The van der Waals surface area contributed by atoms with E-state index in [1.54, 1.807) is 9.80 Å². The van der Waals surface area contributed by atoms with E-state index in [0.717, 1.165) is 6.07 Å². The number of methoxy groups -OCH3 is 1. The largest absolute Gasteiger partial charge is 0.469 e. The van der Waals surface area contributed by atoms with E-state index in [9.17, 15) is 18.8 Å². The molecule has 0 aliphatic carbocycles. The summed E-state index contributed by atoms with van der Waals surface area (Å²) < 4.78 is 17.8. The van der Waals surface area contributed by atoms with Crippen molar-refractivity contribution in [2.45, 2.75) is 19.3 Å². The molecule has 8 heteroatoms. The van der Waals surface area contributed by atoms with Gasteiger partial charge in [0.2, 0.25) is 5.91 Å². The first-order valence-corrected chi connectivity index (χ1v) is 8.39. The molecule has 2 amide bonds. The van der Waals surface area contributed by atoms with Crippen molar-refractivity contribution in [1.29, 1.82) is 0 Å². The van der Waals surface area contributed by atoms with Crippen LogP contribution in [0.15, 0.2) is 18.2 Å². The maximum atomic E-state index is 13.2. The molecule has 0 spiro atoms. The van der Waals surface area contributed by atoms with E-state index in [1.165, 1.54) is 19.2 Å². The molecule has 0 saturated carbocycles. The third-order valence-electron chi connectivity index (χ3n) is 4.07. The highest BCUT2D eigenvalue weighted by Crippen LogP contribution is 2.18. The van der Waals surface area contributed by atoms with Gasteiger partial charge in [-0.3, -0.25) is 14.4 Å². The van der Waals surface area contributed by atoms with E-state index < -0.39 is 11.8 Å². The van der Waals surface area contributed by atoms with Gasteiger partial charge in [0.25, 0.3) is 5.91 Å². The second-order valence-electron chi connectivity index (χ2n) is 5.73. The molecule has 0 atom stereocenters. The summed E-state index contributed by atoms with van der Waals surface area (Å²) in [5.74, 6) is -1.38. The van der Waals surface area contributed by atoms with Crippen LogP contribution >= 0.6 is 11.6 Å². The number of benzene rings is 1. The molecule has 1 fully saturated rings. The van der Waals surface area contributed by atoms with Crippen LogP contribution in [0, 0.1) is 5.82 Å². The molecule has 0 bridgehead atoms. The lowest BCUT2D eigenvalue weighted by molar-refractivity contribution is -0.143. The van der Waals surface area contributed by atoms with Gasteiger partial charge < -0.3 is 14.5 Å². The molecule has 1 aromatic rings. The van der Waals surface area contributed by atoms with Crippen LogP contribution in [0.4, 0.5) is 4.39 Å². The highest BCUT2D eigenvalue weighted by Gasteiger charge is 2.23. The Balaban J connectivity index is 1.94. The van der Waals surface area contributed by atoms with Crippen molar-refractivity contribution in [3.05, 3.63) is 34.6 Å². The number of nitrogens with zero attached hydrogens (tertiary/aromatic N) is 2. The fourth-order valence-corrected chi connectivity index (χ4v) is 2.83. The van der Waals surface area contributed by atoms with Gasteiger partial charge in [-0.25, -0.2) is 4.39 Å². The lowest BCUT2D eigenvalue weighted by Crippen LogP contribution is -2.37. The second kappa shape index (κ2) is 8.80. The minimum absolute atomic E-state index is 0.0442. The van der Waals surface area contributed by atoms with Crippen molar-refractivity contribution in [3.8, 4) is 0 Å². The van der Waals surface area contributed by atoms with E-state index >= 15 is 0 Å². The molecular formula is C17H20ClFN2O4. The number of ether oxygens (including phenoxy) is 1. The summed E-state index contributed by atoms with van der Waals surface area (Å²) in [6, 6.07) is 3.87. The van der Waals surface area contributed by atoms with Crippen LogP contribution in [0.3, 0.4) is 0 Å². The molecule has 136 valence electrons. The molecule has 25 heavy (non-hydrogen) atoms. The predicted molar refractivity (Wildman–Crippen MR) is 89.8 cm³/mol. The fraction of sp³-hybridized carbons (Fsp3) is 0.471. The van der Waals surface area contributed by atoms with E-state index in [4.69, 9.17) is 11.6 Å². The number of rotatable bonds is 4. The van der Waals surface area contributed by atoms with Gasteiger partial charge in [0, 0.05) is 38.2 Å². The van der Waals surface area contributed by atoms with E-state index in [-0.39, 0.29) is 29.7 Å². The van der Waals surface area contributed by atoms with E-state index in [0.29, 0.717) is 38.2 Å². The first-order chi connectivity index (χ1) is 11.9. The molecule has 2 rings (SSSR count). The van der Waals surface area contributed by atoms with Gasteiger partial charge in [-0.15, -0.1) is 0 Å². The highest BCUT2D eigenvalue weighted by atomic mass is 35.5. The molecule has 1 heterocycles. The Bertz CT molecular complexity index is 668. The molecule has 0 aromatic heterocycles.